The van der Waals surface area contributed by atoms with Crippen LogP contribution in [0.3, 0.4) is 0 Å². The van der Waals surface area contributed by atoms with Crippen molar-refractivity contribution in [3.63, 3.8) is 0 Å². The van der Waals surface area contributed by atoms with Crippen LogP contribution in [0.15, 0.2) is 48.8 Å². The molecule has 0 aliphatic heterocycles. The molecule has 0 unspecified atom stereocenters. The van der Waals surface area contributed by atoms with Crippen molar-refractivity contribution in [2.75, 3.05) is 14.2 Å². The highest BCUT2D eigenvalue weighted by Gasteiger charge is 2.17. The van der Waals surface area contributed by atoms with Crippen LogP contribution in [0, 0.1) is 11.6 Å². The summed E-state index contributed by atoms with van der Waals surface area (Å²) in [7, 11) is 3.11. The number of aromatic nitrogens is 3. The maximum atomic E-state index is 14.1. The van der Waals surface area contributed by atoms with Crippen molar-refractivity contribution in [3.05, 3.63) is 66.0 Å². The topological polar surface area (TPSA) is 69.4 Å². The Morgan fingerprint density at radius 3 is 2.52 bits per heavy atom. The Balaban J connectivity index is 1.75. The molecule has 1 N–H and O–H groups in total. The highest BCUT2D eigenvalue weighted by atomic mass is 19.1. The second kappa shape index (κ2) is 7.38. The molecule has 0 saturated carbocycles. The van der Waals surface area contributed by atoms with Crippen LogP contribution in [-0.2, 0) is 6.54 Å². The molecule has 0 aliphatic carbocycles. The summed E-state index contributed by atoms with van der Waals surface area (Å²) in [5, 5.41) is 10.9. The molecular formula is C21H17F2N3O3. The third-order valence-electron chi connectivity index (χ3n) is 4.63. The van der Waals surface area contributed by atoms with Crippen molar-refractivity contribution < 1.29 is 23.4 Å². The van der Waals surface area contributed by atoms with E-state index in [9.17, 15) is 13.9 Å². The Morgan fingerprint density at radius 1 is 1.07 bits per heavy atom. The first-order chi connectivity index (χ1) is 14.0. The Kier molecular flexibility index (Phi) is 4.75. The molecule has 0 saturated heterocycles. The lowest BCUT2D eigenvalue weighted by molar-refractivity contribution is 0.387. The first-order valence-corrected chi connectivity index (χ1v) is 8.72. The normalized spacial score (nSPS) is 11.0. The third kappa shape index (κ3) is 3.33. The Labute approximate surface area is 165 Å². The second-order valence-electron chi connectivity index (χ2n) is 6.35. The highest BCUT2D eigenvalue weighted by Crippen LogP contribution is 2.31. The van der Waals surface area contributed by atoms with E-state index in [0.717, 1.165) is 17.7 Å². The molecule has 148 valence electrons. The lowest BCUT2D eigenvalue weighted by Gasteiger charge is -2.11. The fourth-order valence-electron chi connectivity index (χ4n) is 3.15. The van der Waals surface area contributed by atoms with Crippen molar-refractivity contribution in [1.82, 2.24) is 14.5 Å². The van der Waals surface area contributed by atoms with Gasteiger partial charge in [0.25, 0.3) is 0 Å². The van der Waals surface area contributed by atoms with Gasteiger partial charge in [-0.3, -0.25) is 0 Å². The van der Waals surface area contributed by atoms with Crippen molar-refractivity contribution in [3.8, 4) is 28.8 Å². The van der Waals surface area contributed by atoms with Crippen LogP contribution in [0.5, 0.6) is 17.4 Å². The van der Waals surface area contributed by atoms with Gasteiger partial charge in [-0.25, -0.2) is 18.7 Å². The molecule has 4 rings (SSSR count). The van der Waals surface area contributed by atoms with Gasteiger partial charge in [-0.15, -0.1) is 0 Å². The number of nitrogens with zero attached hydrogens (tertiary/aromatic N) is 3. The van der Waals surface area contributed by atoms with E-state index in [-0.39, 0.29) is 17.3 Å². The number of benzene rings is 2. The van der Waals surface area contributed by atoms with Gasteiger partial charge in [-0.05, 0) is 24.3 Å². The van der Waals surface area contributed by atoms with Crippen molar-refractivity contribution in [1.29, 1.82) is 0 Å². The standard InChI is InChI=1S/C21H17F2N3O3/c1-28-13-7-6-12(18(8-13)29-2)10-26-11-17-14(21(26)27)9-24-20(25-17)19-15(22)4-3-5-16(19)23/h3-9,11,27H,10H2,1-2H3. The second-order valence-corrected chi connectivity index (χ2v) is 6.35. The number of methoxy groups -OCH3 is 2. The zero-order chi connectivity index (χ0) is 20.5. The van der Waals surface area contributed by atoms with Gasteiger partial charge in [0.05, 0.1) is 37.2 Å². The minimum absolute atomic E-state index is 0.0570. The fraction of sp³-hybridized carbons (Fsp3) is 0.143. The van der Waals surface area contributed by atoms with Gasteiger partial charge >= 0.3 is 0 Å². The molecule has 4 aromatic rings. The number of fused-ring (bicyclic) bond motifs is 1. The minimum Gasteiger partial charge on any atom is -0.497 e. The summed E-state index contributed by atoms with van der Waals surface area (Å²) >= 11 is 0. The predicted molar refractivity (Wildman–Crippen MR) is 103 cm³/mol. The molecule has 0 bridgehead atoms. The lowest BCUT2D eigenvalue weighted by atomic mass is 10.2. The number of ether oxygens (including phenoxy) is 2. The van der Waals surface area contributed by atoms with E-state index >= 15 is 0 Å². The van der Waals surface area contributed by atoms with Crippen LogP contribution < -0.4 is 9.47 Å². The van der Waals surface area contributed by atoms with E-state index in [1.165, 1.54) is 12.3 Å². The van der Waals surface area contributed by atoms with Crippen molar-refractivity contribution >= 4 is 10.9 Å². The lowest BCUT2D eigenvalue weighted by Crippen LogP contribution is -2.00. The molecule has 2 heterocycles. The van der Waals surface area contributed by atoms with E-state index in [1.807, 2.05) is 6.07 Å². The summed E-state index contributed by atoms with van der Waals surface area (Å²) in [5.41, 5.74) is 0.860. The predicted octanol–water partition coefficient (Wildman–Crippen LogP) is 4.15. The molecule has 0 atom stereocenters. The quantitative estimate of drug-likeness (QED) is 0.548. The van der Waals surface area contributed by atoms with E-state index in [0.29, 0.717) is 28.9 Å². The largest absolute Gasteiger partial charge is 0.497 e. The first-order valence-electron chi connectivity index (χ1n) is 8.72. The molecule has 8 heteroatoms. The molecule has 6 nitrogen and oxygen atoms in total. The zero-order valence-electron chi connectivity index (χ0n) is 15.7. The summed E-state index contributed by atoms with van der Waals surface area (Å²) in [6.45, 7) is 0.290. The van der Waals surface area contributed by atoms with Crippen LogP contribution in [0.4, 0.5) is 8.78 Å². The van der Waals surface area contributed by atoms with E-state index < -0.39 is 11.6 Å². The summed E-state index contributed by atoms with van der Waals surface area (Å²) in [5.74, 6) is -0.408. The summed E-state index contributed by atoms with van der Waals surface area (Å²) in [6, 6.07) is 8.92. The number of hydrogen-bond donors (Lipinski definition) is 1. The summed E-state index contributed by atoms with van der Waals surface area (Å²) in [4.78, 5) is 8.27. The molecule has 0 amide bonds. The third-order valence-corrected chi connectivity index (χ3v) is 4.63. The number of aromatic hydroxyl groups is 1. The van der Waals surface area contributed by atoms with Crippen molar-refractivity contribution in [2.45, 2.75) is 6.54 Å². The van der Waals surface area contributed by atoms with Gasteiger partial charge in [-0.2, -0.15) is 0 Å². The molecule has 0 radical (unpaired) electrons. The van der Waals surface area contributed by atoms with Crippen molar-refractivity contribution in [2.24, 2.45) is 0 Å². The molecule has 0 fully saturated rings. The molecule has 0 aliphatic rings. The van der Waals surface area contributed by atoms with E-state index in [1.54, 1.807) is 37.1 Å². The Bertz CT molecular complexity index is 1190. The average Bonchev–Trinajstić information content (AvgIpc) is 3.03. The van der Waals surface area contributed by atoms with Gasteiger partial charge in [0, 0.05) is 24.0 Å². The van der Waals surface area contributed by atoms with E-state index in [2.05, 4.69) is 9.97 Å². The van der Waals surface area contributed by atoms with Gasteiger partial charge in [-0.1, -0.05) is 6.07 Å². The number of rotatable bonds is 5. The fourth-order valence-corrected chi connectivity index (χ4v) is 3.15. The number of hydrogen-bond acceptors (Lipinski definition) is 5. The van der Waals surface area contributed by atoms with Crippen LogP contribution in [-0.4, -0.2) is 33.9 Å². The summed E-state index contributed by atoms with van der Waals surface area (Å²) in [6.07, 6.45) is 2.94. The van der Waals surface area contributed by atoms with Crippen LogP contribution in [0.1, 0.15) is 5.56 Å². The first kappa shape index (κ1) is 18.7. The highest BCUT2D eigenvalue weighted by molar-refractivity contribution is 5.85. The molecule has 2 aromatic carbocycles. The maximum Gasteiger partial charge on any atom is 0.202 e. The molecular weight excluding hydrogens is 380 g/mol. The monoisotopic (exact) mass is 397 g/mol. The van der Waals surface area contributed by atoms with E-state index in [4.69, 9.17) is 9.47 Å². The zero-order valence-corrected chi connectivity index (χ0v) is 15.7. The molecule has 2 aromatic heterocycles. The van der Waals surface area contributed by atoms with Crippen LogP contribution in [0.2, 0.25) is 0 Å². The Hall–Kier alpha value is -3.68. The van der Waals surface area contributed by atoms with Gasteiger partial charge in [0.2, 0.25) is 5.88 Å². The molecule has 29 heavy (non-hydrogen) atoms. The van der Waals surface area contributed by atoms with Crippen LogP contribution >= 0.6 is 0 Å². The maximum absolute atomic E-state index is 14.1. The smallest absolute Gasteiger partial charge is 0.202 e. The SMILES string of the molecule is COc1ccc(Cn2cc3nc(-c4c(F)cccc4F)ncc3c2O)c(OC)c1. The van der Waals surface area contributed by atoms with Gasteiger partial charge in [0.15, 0.2) is 5.82 Å². The Morgan fingerprint density at radius 2 is 1.83 bits per heavy atom. The van der Waals surface area contributed by atoms with Gasteiger partial charge in [0.1, 0.15) is 23.1 Å². The molecule has 0 spiro atoms. The average molecular weight is 397 g/mol. The summed E-state index contributed by atoms with van der Waals surface area (Å²) < 4.78 is 40.3. The minimum atomic E-state index is -0.754. The van der Waals surface area contributed by atoms with Gasteiger partial charge < -0.3 is 19.1 Å². The van der Waals surface area contributed by atoms with Crippen LogP contribution in [0.25, 0.3) is 22.3 Å². The number of halogens is 2.